The fraction of sp³-hybridized carbons (Fsp3) is 0.364. The molecule has 156 valence electrons. The van der Waals surface area contributed by atoms with E-state index in [2.05, 4.69) is 20.3 Å². The molecule has 0 unspecified atom stereocenters. The minimum Gasteiger partial charge on any atom is -0.375 e. The fourth-order valence-corrected chi connectivity index (χ4v) is 3.91. The predicted molar refractivity (Wildman–Crippen MR) is 114 cm³/mol. The zero-order valence-electron chi connectivity index (χ0n) is 17.1. The number of H-pyrrole nitrogens is 1. The first-order valence-corrected chi connectivity index (χ1v) is 10.0. The minimum absolute atomic E-state index is 0.0112. The number of amides is 1. The molecule has 1 aliphatic rings. The van der Waals surface area contributed by atoms with Crippen molar-refractivity contribution in [3.05, 3.63) is 53.5 Å². The van der Waals surface area contributed by atoms with E-state index >= 15 is 0 Å². The van der Waals surface area contributed by atoms with Gasteiger partial charge in [0.25, 0.3) is 0 Å². The Hall–Kier alpha value is -3.26. The van der Waals surface area contributed by atoms with Crippen LogP contribution in [0.25, 0.3) is 11.0 Å². The van der Waals surface area contributed by atoms with Crippen LogP contribution in [0.15, 0.2) is 36.8 Å². The number of rotatable bonds is 6. The second-order valence-electron chi connectivity index (χ2n) is 7.52. The Labute approximate surface area is 174 Å². The zero-order chi connectivity index (χ0) is 21.1. The Morgan fingerprint density at radius 2 is 1.97 bits per heavy atom. The molecule has 0 atom stereocenters. The van der Waals surface area contributed by atoms with Gasteiger partial charge in [-0.05, 0) is 25.3 Å². The van der Waals surface area contributed by atoms with E-state index in [1.165, 1.54) is 13.4 Å². The minimum atomic E-state index is -0.0582. The molecule has 8 heteroatoms. The van der Waals surface area contributed by atoms with Gasteiger partial charge in [-0.2, -0.15) is 0 Å². The molecule has 3 aromatic rings. The lowest BCUT2D eigenvalue weighted by atomic mass is 9.99. The van der Waals surface area contributed by atoms with Crippen LogP contribution < -0.4 is 5.32 Å². The van der Waals surface area contributed by atoms with Crippen molar-refractivity contribution in [3.63, 3.8) is 0 Å². The molecule has 0 bridgehead atoms. The first kappa shape index (κ1) is 20.0. The summed E-state index contributed by atoms with van der Waals surface area (Å²) in [7, 11) is 1.53. The van der Waals surface area contributed by atoms with Crippen LogP contribution in [-0.4, -0.2) is 64.4 Å². The first-order chi connectivity index (χ1) is 14.6. The Kier molecular flexibility index (Phi) is 5.76. The average Bonchev–Trinajstić information content (AvgIpc) is 3.19. The van der Waals surface area contributed by atoms with Gasteiger partial charge in [0.05, 0.1) is 10.9 Å². The Morgan fingerprint density at radius 3 is 2.70 bits per heavy atom. The predicted octanol–water partition coefficient (Wildman–Crippen LogP) is 2.55. The fourth-order valence-electron chi connectivity index (χ4n) is 3.91. The van der Waals surface area contributed by atoms with E-state index in [-0.39, 0.29) is 24.3 Å². The van der Waals surface area contributed by atoms with Gasteiger partial charge in [-0.25, -0.2) is 9.97 Å². The molecule has 0 spiro atoms. The molecule has 0 aliphatic carbocycles. The number of hydrogen-bond acceptors (Lipinski definition) is 6. The highest BCUT2D eigenvalue weighted by Crippen LogP contribution is 2.28. The molecular weight excluding hydrogens is 382 g/mol. The number of carbonyl (C=O) groups is 2. The number of ketones is 1. The Bertz CT molecular complexity index is 1070. The van der Waals surface area contributed by atoms with Gasteiger partial charge in [-0.15, -0.1) is 0 Å². The summed E-state index contributed by atoms with van der Waals surface area (Å²) in [6.45, 7) is 3.36. The number of anilines is 1. The van der Waals surface area contributed by atoms with Crippen molar-refractivity contribution >= 4 is 28.5 Å². The van der Waals surface area contributed by atoms with Gasteiger partial charge < -0.3 is 19.9 Å². The molecule has 2 N–H and O–H groups in total. The lowest BCUT2D eigenvalue weighted by molar-refractivity contribution is -0.136. The average molecular weight is 407 g/mol. The third kappa shape index (κ3) is 3.91. The first-order valence-electron chi connectivity index (χ1n) is 10.0. The number of methoxy groups -OCH3 is 1. The molecule has 4 rings (SSSR count). The van der Waals surface area contributed by atoms with Gasteiger partial charge in [-0.3, -0.25) is 9.59 Å². The molecule has 1 aromatic carbocycles. The number of aromatic nitrogens is 3. The third-order valence-electron chi connectivity index (χ3n) is 5.56. The summed E-state index contributed by atoms with van der Waals surface area (Å²) in [6.07, 6.45) is 4.78. The Balaban J connectivity index is 1.56. The van der Waals surface area contributed by atoms with Gasteiger partial charge in [-0.1, -0.05) is 24.3 Å². The topological polar surface area (TPSA) is 100 Å². The van der Waals surface area contributed by atoms with Crippen molar-refractivity contribution in [2.75, 3.05) is 32.1 Å². The van der Waals surface area contributed by atoms with E-state index in [0.717, 1.165) is 18.4 Å². The molecule has 1 fully saturated rings. The van der Waals surface area contributed by atoms with E-state index in [0.29, 0.717) is 41.1 Å². The number of aryl methyl sites for hydroxylation is 1. The van der Waals surface area contributed by atoms with E-state index in [9.17, 15) is 9.59 Å². The Morgan fingerprint density at radius 1 is 1.20 bits per heavy atom. The van der Waals surface area contributed by atoms with Gasteiger partial charge in [0.2, 0.25) is 5.91 Å². The van der Waals surface area contributed by atoms with Crippen molar-refractivity contribution in [1.82, 2.24) is 19.9 Å². The summed E-state index contributed by atoms with van der Waals surface area (Å²) in [5, 5.41) is 4.17. The highest BCUT2D eigenvalue weighted by Gasteiger charge is 2.25. The van der Waals surface area contributed by atoms with Crippen molar-refractivity contribution < 1.29 is 14.3 Å². The molecule has 3 heterocycles. The number of hydrogen-bond donors (Lipinski definition) is 2. The van der Waals surface area contributed by atoms with Crippen LogP contribution in [-0.2, 0) is 9.53 Å². The second kappa shape index (κ2) is 8.62. The summed E-state index contributed by atoms with van der Waals surface area (Å²) >= 11 is 0. The van der Waals surface area contributed by atoms with Crippen molar-refractivity contribution in [2.24, 2.45) is 0 Å². The third-order valence-corrected chi connectivity index (χ3v) is 5.56. The maximum Gasteiger partial charge on any atom is 0.248 e. The summed E-state index contributed by atoms with van der Waals surface area (Å²) in [4.78, 5) is 38.8. The van der Waals surface area contributed by atoms with Crippen LogP contribution in [0.4, 0.5) is 5.82 Å². The molecule has 1 amide bonds. The van der Waals surface area contributed by atoms with Crippen LogP contribution in [0.2, 0.25) is 0 Å². The number of ether oxygens (including phenoxy) is 1. The lowest BCUT2D eigenvalue weighted by Crippen LogP contribution is -2.43. The maximum absolute atomic E-state index is 13.2. The standard InChI is InChI=1S/C22H25N5O3/c1-14-5-3-4-6-16(14)20(29)17-11-23-21-19(17)22(25-13-24-21)26-15-7-9-27(10-8-15)18(28)12-30-2/h3-6,11,13,15H,7-10,12H2,1-2H3,(H2,23,24,25,26). The van der Waals surface area contributed by atoms with Crippen LogP contribution in [0.3, 0.4) is 0 Å². The summed E-state index contributed by atoms with van der Waals surface area (Å²) in [5.74, 6) is 0.592. The highest BCUT2D eigenvalue weighted by molar-refractivity contribution is 6.18. The number of nitrogens with zero attached hydrogens (tertiary/aromatic N) is 3. The molecule has 1 aliphatic heterocycles. The lowest BCUT2D eigenvalue weighted by Gasteiger charge is -2.32. The molecule has 30 heavy (non-hydrogen) atoms. The van der Waals surface area contributed by atoms with Crippen LogP contribution in [0.1, 0.15) is 34.3 Å². The van der Waals surface area contributed by atoms with Gasteiger partial charge in [0, 0.05) is 38.0 Å². The number of piperidine rings is 1. The van der Waals surface area contributed by atoms with Gasteiger partial charge >= 0.3 is 0 Å². The number of nitrogens with one attached hydrogen (secondary N) is 2. The van der Waals surface area contributed by atoms with Crippen molar-refractivity contribution in [3.8, 4) is 0 Å². The van der Waals surface area contributed by atoms with E-state index in [1.54, 1.807) is 6.20 Å². The summed E-state index contributed by atoms with van der Waals surface area (Å²) < 4.78 is 4.94. The van der Waals surface area contributed by atoms with Crippen molar-refractivity contribution in [1.29, 1.82) is 0 Å². The van der Waals surface area contributed by atoms with E-state index in [1.807, 2.05) is 36.1 Å². The normalized spacial score (nSPS) is 14.8. The second-order valence-corrected chi connectivity index (χ2v) is 7.52. The van der Waals surface area contributed by atoms with Crippen molar-refractivity contribution in [2.45, 2.75) is 25.8 Å². The van der Waals surface area contributed by atoms with Crippen LogP contribution in [0.5, 0.6) is 0 Å². The van der Waals surface area contributed by atoms with Gasteiger partial charge in [0.1, 0.15) is 24.4 Å². The zero-order valence-corrected chi connectivity index (χ0v) is 17.1. The number of aromatic amines is 1. The van der Waals surface area contributed by atoms with Gasteiger partial charge in [0.15, 0.2) is 5.78 Å². The quantitative estimate of drug-likeness (QED) is 0.609. The summed E-state index contributed by atoms with van der Waals surface area (Å²) in [6, 6.07) is 7.70. The van der Waals surface area contributed by atoms with E-state index in [4.69, 9.17) is 4.74 Å². The molecule has 8 nitrogen and oxygen atoms in total. The SMILES string of the molecule is COCC(=O)N1CCC(Nc2ncnc3[nH]cc(C(=O)c4ccccc4C)c23)CC1. The number of benzene rings is 1. The number of likely N-dealkylation sites (tertiary alicyclic amines) is 1. The largest absolute Gasteiger partial charge is 0.375 e. The molecule has 1 saturated heterocycles. The highest BCUT2D eigenvalue weighted by atomic mass is 16.5. The smallest absolute Gasteiger partial charge is 0.248 e. The maximum atomic E-state index is 13.2. The molecular formula is C22H25N5O3. The number of fused-ring (bicyclic) bond motifs is 1. The van der Waals surface area contributed by atoms with E-state index < -0.39 is 0 Å². The molecule has 0 saturated carbocycles. The van der Waals surface area contributed by atoms with Crippen LogP contribution >= 0.6 is 0 Å². The summed E-state index contributed by atoms with van der Waals surface area (Å²) in [5.41, 5.74) is 2.77. The monoisotopic (exact) mass is 407 g/mol. The molecule has 2 aromatic heterocycles. The number of carbonyl (C=O) groups excluding carboxylic acids is 2. The van der Waals surface area contributed by atoms with Crippen LogP contribution in [0, 0.1) is 6.92 Å². The molecule has 0 radical (unpaired) electrons.